The molecule has 2 aliphatic heterocycles. The van der Waals surface area contributed by atoms with Gasteiger partial charge in [0.1, 0.15) is 0 Å². The summed E-state index contributed by atoms with van der Waals surface area (Å²) in [5.41, 5.74) is 3.15. The molecule has 4 rings (SSSR count). The molecule has 1 aromatic carbocycles. The Bertz CT molecular complexity index is 443. The van der Waals surface area contributed by atoms with E-state index < -0.39 is 0 Å². The van der Waals surface area contributed by atoms with Gasteiger partial charge < -0.3 is 10.2 Å². The van der Waals surface area contributed by atoms with Crippen LogP contribution in [0, 0.1) is 11.8 Å². The molecule has 3 aliphatic rings. The predicted octanol–water partition coefficient (Wildman–Crippen LogP) is 2.48. The summed E-state index contributed by atoms with van der Waals surface area (Å²) in [6.07, 6.45) is 6.88. The van der Waals surface area contributed by atoms with Crippen molar-refractivity contribution in [3.8, 4) is 0 Å². The predicted molar refractivity (Wildman–Crippen MR) is 82.9 cm³/mol. The summed E-state index contributed by atoms with van der Waals surface area (Å²) in [7, 11) is 0. The van der Waals surface area contributed by atoms with Crippen LogP contribution in [0.3, 0.4) is 0 Å². The number of nitrogens with zero attached hydrogens (tertiary/aromatic N) is 1. The van der Waals surface area contributed by atoms with Gasteiger partial charge >= 0.3 is 0 Å². The molecule has 0 aromatic heterocycles. The number of fused-ring (bicyclic) bond motifs is 2. The van der Waals surface area contributed by atoms with Crippen LogP contribution in [0.1, 0.15) is 30.4 Å². The summed E-state index contributed by atoms with van der Waals surface area (Å²) in [4.78, 5) is 2.71. The lowest BCUT2D eigenvalue weighted by atomic mass is 9.94. The van der Waals surface area contributed by atoms with E-state index in [1.807, 2.05) is 0 Å². The average molecular weight is 270 g/mol. The third-order valence-corrected chi connectivity index (χ3v) is 5.84. The van der Waals surface area contributed by atoms with Crippen LogP contribution in [0.4, 0.5) is 0 Å². The Kier molecular flexibility index (Phi) is 3.53. The van der Waals surface area contributed by atoms with Crippen LogP contribution in [0.5, 0.6) is 0 Å². The van der Waals surface area contributed by atoms with Crippen molar-refractivity contribution in [2.24, 2.45) is 11.8 Å². The lowest BCUT2D eigenvalue weighted by molar-refractivity contribution is 0.234. The number of hydrogen-bond donors (Lipinski definition) is 1. The second-order valence-electron chi connectivity index (χ2n) is 6.94. The van der Waals surface area contributed by atoms with Crippen molar-refractivity contribution in [1.29, 1.82) is 0 Å². The molecule has 1 aromatic rings. The molecular weight excluding hydrogens is 244 g/mol. The average Bonchev–Trinajstić information content (AvgIpc) is 3.01. The van der Waals surface area contributed by atoms with Crippen molar-refractivity contribution in [2.75, 3.05) is 26.2 Å². The maximum Gasteiger partial charge on any atom is 0.0226 e. The Morgan fingerprint density at radius 3 is 2.55 bits per heavy atom. The topological polar surface area (TPSA) is 15.3 Å². The Morgan fingerprint density at radius 2 is 1.80 bits per heavy atom. The van der Waals surface area contributed by atoms with Gasteiger partial charge in [-0.15, -0.1) is 0 Å². The van der Waals surface area contributed by atoms with Crippen molar-refractivity contribution in [1.82, 2.24) is 10.2 Å². The third-order valence-electron chi connectivity index (χ3n) is 5.84. The van der Waals surface area contributed by atoms with Crippen molar-refractivity contribution >= 4 is 0 Å². The summed E-state index contributed by atoms with van der Waals surface area (Å²) in [5.74, 6) is 1.96. The van der Waals surface area contributed by atoms with E-state index in [1.54, 1.807) is 11.1 Å². The van der Waals surface area contributed by atoms with Gasteiger partial charge in [0.15, 0.2) is 0 Å². The maximum absolute atomic E-state index is 3.81. The van der Waals surface area contributed by atoms with Crippen LogP contribution in [-0.4, -0.2) is 37.1 Å². The smallest absolute Gasteiger partial charge is 0.0226 e. The molecule has 0 bridgehead atoms. The lowest BCUT2D eigenvalue weighted by Gasteiger charge is -2.27. The minimum Gasteiger partial charge on any atom is -0.312 e. The van der Waals surface area contributed by atoms with Crippen molar-refractivity contribution < 1.29 is 0 Å². The lowest BCUT2D eigenvalue weighted by Crippen LogP contribution is -2.41. The van der Waals surface area contributed by atoms with Crippen molar-refractivity contribution in [3.63, 3.8) is 0 Å². The molecule has 2 fully saturated rings. The van der Waals surface area contributed by atoms with Gasteiger partial charge in [-0.1, -0.05) is 30.7 Å². The highest BCUT2D eigenvalue weighted by Gasteiger charge is 2.39. The molecule has 0 radical (unpaired) electrons. The summed E-state index contributed by atoms with van der Waals surface area (Å²) in [6.45, 7) is 5.04. The van der Waals surface area contributed by atoms with E-state index in [0.29, 0.717) is 0 Å². The molecular formula is C18H26N2. The fraction of sp³-hybridized carbons (Fsp3) is 0.667. The van der Waals surface area contributed by atoms with E-state index in [1.165, 1.54) is 58.3 Å². The SMILES string of the molecule is c1ccc2c(c1)CCN(CC1NCC3CCCC31)CC2. The molecule has 2 nitrogen and oxygen atoms in total. The second kappa shape index (κ2) is 5.50. The zero-order valence-electron chi connectivity index (χ0n) is 12.4. The summed E-state index contributed by atoms with van der Waals surface area (Å²) in [5, 5.41) is 3.81. The fourth-order valence-corrected chi connectivity index (χ4v) is 4.68. The molecule has 1 saturated heterocycles. The number of rotatable bonds is 2. The molecule has 0 amide bonds. The Hall–Kier alpha value is -0.860. The standard InChI is InChI=1S/C18H26N2/c1-2-5-15-9-11-20(10-8-14(15)4-1)13-18-17-7-3-6-16(17)12-19-18/h1-2,4-5,16-19H,3,6-13H2. The zero-order valence-corrected chi connectivity index (χ0v) is 12.4. The molecule has 108 valence electrons. The molecule has 0 spiro atoms. The molecule has 1 aliphatic carbocycles. The van der Waals surface area contributed by atoms with Gasteiger partial charge in [-0.3, -0.25) is 0 Å². The molecule has 1 saturated carbocycles. The highest BCUT2D eigenvalue weighted by atomic mass is 15.2. The second-order valence-corrected chi connectivity index (χ2v) is 6.94. The first kappa shape index (κ1) is 12.8. The van der Waals surface area contributed by atoms with Crippen molar-refractivity contribution in [3.05, 3.63) is 35.4 Å². The van der Waals surface area contributed by atoms with Crippen LogP contribution in [0.2, 0.25) is 0 Å². The van der Waals surface area contributed by atoms with Gasteiger partial charge in [-0.05, 0) is 55.2 Å². The molecule has 3 atom stereocenters. The normalized spacial score (nSPS) is 33.7. The first-order valence-electron chi connectivity index (χ1n) is 8.43. The molecule has 2 heterocycles. The minimum absolute atomic E-state index is 0.767. The van der Waals surface area contributed by atoms with E-state index in [2.05, 4.69) is 34.5 Å². The zero-order chi connectivity index (χ0) is 13.4. The summed E-state index contributed by atoms with van der Waals surface area (Å²) in [6, 6.07) is 9.79. The monoisotopic (exact) mass is 270 g/mol. The number of nitrogens with one attached hydrogen (secondary N) is 1. The first-order valence-corrected chi connectivity index (χ1v) is 8.43. The number of hydrogen-bond acceptors (Lipinski definition) is 2. The van der Waals surface area contributed by atoms with E-state index in [9.17, 15) is 0 Å². The fourth-order valence-electron chi connectivity index (χ4n) is 4.68. The Morgan fingerprint density at radius 1 is 1.05 bits per heavy atom. The minimum atomic E-state index is 0.767. The maximum atomic E-state index is 3.81. The van der Waals surface area contributed by atoms with E-state index in [4.69, 9.17) is 0 Å². The Labute approximate surface area is 122 Å². The highest BCUT2D eigenvalue weighted by molar-refractivity contribution is 5.28. The summed E-state index contributed by atoms with van der Waals surface area (Å²) < 4.78 is 0. The molecule has 2 heteroatoms. The van der Waals surface area contributed by atoms with Crippen LogP contribution in [0.25, 0.3) is 0 Å². The van der Waals surface area contributed by atoms with Gasteiger partial charge in [-0.25, -0.2) is 0 Å². The van der Waals surface area contributed by atoms with Crippen molar-refractivity contribution in [2.45, 2.75) is 38.1 Å². The quantitative estimate of drug-likeness (QED) is 0.888. The van der Waals surface area contributed by atoms with Gasteiger partial charge in [0.05, 0.1) is 0 Å². The third kappa shape index (κ3) is 2.40. The van der Waals surface area contributed by atoms with E-state index in [-0.39, 0.29) is 0 Å². The molecule has 20 heavy (non-hydrogen) atoms. The van der Waals surface area contributed by atoms with Gasteiger partial charge in [0.25, 0.3) is 0 Å². The van der Waals surface area contributed by atoms with E-state index >= 15 is 0 Å². The molecule has 1 N–H and O–H groups in total. The molecule has 3 unspecified atom stereocenters. The van der Waals surface area contributed by atoms with Gasteiger partial charge in [0.2, 0.25) is 0 Å². The Balaban J connectivity index is 1.39. The van der Waals surface area contributed by atoms with E-state index in [0.717, 1.165) is 17.9 Å². The van der Waals surface area contributed by atoms with Crippen LogP contribution in [0.15, 0.2) is 24.3 Å². The largest absolute Gasteiger partial charge is 0.312 e. The summed E-state index contributed by atoms with van der Waals surface area (Å²) >= 11 is 0. The van der Waals surface area contributed by atoms with Crippen LogP contribution >= 0.6 is 0 Å². The number of benzene rings is 1. The van der Waals surface area contributed by atoms with Gasteiger partial charge in [-0.2, -0.15) is 0 Å². The first-order chi connectivity index (χ1) is 9.90. The van der Waals surface area contributed by atoms with Crippen LogP contribution in [-0.2, 0) is 12.8 Å². The van der Waals surface area contributed by atoms with Gasteiger partial charge in [0, 0.05) is 25.7 Å². The van der Waals surface area contributed by atoms with Crippen LogP contribution < -0.4 is 5.32 Å². The highest BCUT2D eigenvalue weighted by Crippen LogP contribution is 2.38.